The van der Waals surface area contributed by atoms with Crippen LogP contribution in [-0.2, 0) is 11.2 Å². The van der Waals surface area contributed by atoms with Crippen molar-refractivity contribution in [2.24, 2.45) is 0 Å². The molecule has 2 aromatic rings. The Hall–Kier alpha value is -0.780. The molecule has 0 unspecified atom stereocenters. The molecular weight excluding hydrogens is 378 g/mol. The Morgan fingerprint density at radius 3 is 3.05 bits per heavy atom. The lowest BCUT2D eigenvalue weighted by Crippen LogP contribution is -2.39. The van der Waals surface area contributed by atoms with E-state index in [1.807, 2.05) is 22.3 Å². The fraction of sp³-hybridized carbons (Fsp3) is 0.353. The maximum Gasteiger partial charge on any atom is 0.233 e. The number of benzene rings is 1. The fourth-order valence-electron chi connectivity index (χ4n) is 2.85. The van der Waals surface area contributed by atoms with Crippen LogP contribution in [0.2, 0.25) is 0 Å². The first-order valence-electron chi connectivity index (χ1n) is 7.31. The van der Waals surface area contributed by atoms with E-state index in [4.69, 9.17) is 0 Å². The number of aryl methyl sites for hydroxylation is 1. The van der Waals surface area contributed by atoms with E-state index in [-0.39, 0.29) is 11.9 Å². The minimum atomic E-state index is 0.203. The SMILES string of the molecule is Cc1cc(Br)ccc1SCC(=O)N1CCc2sccc2[C@@H]1C. The molecule has 5 heteroatoms. The maximum absolute atomic E-state index is 12.6. The van der Waals surface area contributed by atoms with E-state index < -0.39 is 0 Å². The minimum absolute atomic E-state index is 0.203. The van der Waals surface area contributed by atoms with Crippen LogP contribution in [-0.4, -0.2) is 23.1 Å². The van der Waals surface area contributed by atoms with Gasteiger partial charge in [-0.25, -0.2) is 0 Å². The molecule has 116 valence electrons. The van der Waals surface area contributed by atoms with E-state index in [2.05, 4.69) is 53.4 Å². The molecular formula is C17H18BrNOS2. The van der Waals surface area contributed by atoms with Crippen molar-refractivity contribution in [3.63, 3.8) is 0 Å². The third kappa shape index (κ3) is 3.26. The van der Waals surface area contributed by atoms with Gasteiger partial charge in [0, 0.05) is 20.8 Å². The number of halogens is 1. The van der Waals surface area contributed by atoms with Crippen LogP contribution in [0.15, 0.2) is 39.0 Å². The van der Waals surface area contributed by atoms with Gasteiger partial charge in [-0.05, 0) is 61.0 Å². The van der Waals surface area contributed by atoms with Crippen molar-refractivity contribution in [3.8, 4) is 0 Å². The van der Waals surface area contributed by atoms with Crippen LogP contribution in [0.25, 0.3) is 0 Å². The standard InChI is InChI=1S/C17H18BrNOS2/c1-11-9-13(18)3-4-15(11)22-10-17(20)19-7-5-16-14(12(19)2)6-8-21-16/h3-4,6,8-9,12H,5,7,10H2,1-2H3/t12-/m0/s1. The molecule has 0 aliphatic carbocycles. The third-order valence-corrected chi connectivity index (χ3v) is 6.74. The molecule has 0 radical (unpaired) electrons. The van der Waals surface area contributed by atoms with Crippen LogP contribution in [0.1, 0.15) is 29.0 Å². The van der Waals surface area contributed by atoms with Crippen LogP contribution in [0.3, 0.4) is 0 Å². The number of hydrogen-bond donors (Lipinski definition) is 0. The smallest absolute Gasteiger partial charge is 0.233 e. The molecule has 1 aromatic heterocycles. The zero-order valence-corrected chi connectivity index (χ0v) is 15.9. The number of thioether (sulfide) groups is 1. The summed E-state index contributed by atoms with van der Waals surface area (Å²) >= 11 is 6.92. The minimum Gasteiger partial charge on any atom is -0.335 e. The first-order valence-corrected chi connectivity index (χ1v) is 9.97. The molecule has 1 amide bonds. The number of nitrogens with zero attached hydrogens (tertiary/aromatic N) is 1. The van der Waals surface area contributed by atoms with Crippen molar-refractivity contribution in [1.29, 1.82) is 0 Å². The van der Waals surface area contributed by atoms with E-state index in [0.29, 0.717) is 5.75 Å². The molecule has 1 atom stereocenters. The van der Waals surface area contributed by atoms with Gasteiger partial charge >= 0.3 is 0 Å². The molecule has 2 heterocycles. The largest absolute Gasteiger partial charge is 0.335 e. The summed E-state index contributed by atoms with van der Waals surface area (Å²) < 4.78 is 1.08. The van der Waals surface area contributed by atoms with Gasteiger partial charge in [0.15, 0.2) is 0 Å². The molecule has 1 aliphatic heterocycles. The number of carbonyl (C=O) groups excluding carboxylic acids is 1. The second-order valence-electron chi connectivity index (χ2n) is 5.51. The van der Waals surface area contributed by atoms with Gasteiger partial charge in [-0.1, -0.05) is 15.9 Å². The summed E-state index contributed by atoms with van der Waals surface area (Å²) in [7, 11) is 0. The predicted molar refractivity (Wildman–Crippen MR) is 97.8 cm³/mol. The average Bonchev–Trinajstić information content (AvgIpc) is 2.96. The Bertz CT molecular complexity index is 698. The van der Waals surface area contributed by atoms with Gasteiger partial charge in [0.1, 0.15) is 0 Å². The molecule has 3 rings (SSSR count). The number of thiophene rings is 1. The number of carbonyl (C=O) groups is 1. The Morgan fingerprint density at radius 1 is 1.45 bits per heavy atom. The summed E-state index contributed by atoms with van der Waals surface area (Å²) in [4.78, 5) is 17.2. The average molecular weight is 396 g/mol. The lowest BCUT2D eigenvalue weighted by molar-refractivity contribution is -0.130. The van der Waals surface area contributed by atoms with Crippen molar-refractivity contribution in [2.45, 2.75) is 31.2 Å². The molecule has 1 aliphatic rings. The van der Waals surface area contributed by atoms with E-state index in [9.17, 15) is 4.79 Å². The van der Waals surface area contributed by atoms with Crippen molar-refractivity contribution in [3.05, 3.63) is 50.1 Å². The highest BCUT2D eigenvalue weighted by Gasteiger charge is 2.28. The Kier molecular flexibility index (Phi) is 4.95. The van der Waals surface area contributed by atoms with Crippen LogP contribution in [0.4, 0.5) is 0 Å². The molecule has 0 fully saturated rings. The lowest BCUT2D eigenvalue weighted by Gasteiger charge is -2.33. The predicted octanol–water partition coefficient (Wildman–Crippen LogP) is 5.06. The summed E-state index contributed by atoms with van der Waals surface area (Å²) in [5, 5.41) is 2.13. The second-order valence-corrected chi connectivity index (χ2v) is 8.44. The molecule has 0 bridgehead atoms. The highest BCUT2D eigenvalue weighted by molar-refractivity contribution is 9.10. The van der Waals surface area contributed by atoms with Crippen molar-refractivity contribution in [1.82, 2.24) is 4.90 Å². The van der Waals surface area contributed by atoms with E-state index >= 15 is 0 Å². The van der Waals surface area contributed by atoms with Gasteiger partial charge < -0.3 is 4.90 Å². The number of amides is 1. The maximum atomic E-state index is 12.6. The number of hydrogen-bond acceptors (Lipinski definition) is 3. The first-order chi connectivity index (χ1) is 10.6. The normalized spacial score (nSPS) is 17.4. The molecule has 22 heavy (non-hydrogen) atoms. The molecule has 0 N–H and O–H groups in total. The molecule has 0 saturated heterocycles. The summed E-state index contributed by atoms with van der Waals surface area (Å²) in [6.07, 6.45) is 0.991. The van der Waals surface area contributed by atoms with Crippen LogP contribution >= 0.6 is 39.0 Å². The van der Waals surface area contributed by atoms with E-state index in [0.717, 1.165) is 17.4 Å². The van der Waals surface area contributed by atoms with Crippen molar-refractivity contribution in [2.75, 3.05) is 12.3 Å². The Labute approximate surface area is 148 Å². The van der Waals surface area contributed by atoms with Gasteiger partial charge in [0.2, 0.25) is 5.91 Å². The van der Waals surface area contributed by atoms with Crippen LogP contribution < -0.4 is 0 Å². The highest BCUT2D eigenvalue weighted by atomic mass is 79.9. The number of fused-ring (bicyclic) bond motifs is 1. The molecule has 1 aromatic carbocycles. The van der Waals surface area contributed by atoms with Crippen molar-refractivity contribution < 1.29 is 4.79 Å². The van der Waals surface area contributed by atoms with Gasteiger partial charge in [-0.3, -0.25) is 4.79 Å². The fourth-order valence-corrected chi connectivity index (χ4v) is 5.18. The van der Waals surface area contributed by atoms with Crippen LogP contribution in [0.5, 0.6) is 0 Å². The van der Waals surface area contributed by atoms with Gasteiger partial charge in [-0.2, -0.15) is 0 Å². The van der Waals surface area contributed by atoms with Gasteiger partial charge in [0.25, 0.3) is 0 Å². The second kappa shape index (κ2) is 6.77. The Balaban J connectivity index is 1.65. The summed E-state index contributed by atoms with van der Waals surface area (Å²) in [5.41, 5.74) is 2.54. The van der Waals surface area contributed by atoms with Gasteiger partial charge in [0.05, 0.1) is 11.8 Å². The summed E-state index contributed by atoms with van der Waals surface area (Å²) in [6, 6.07) is 8.56. The number of rotatable bonds is 3. The van der Waals surface area contributed by atoms with Gasteiger partial charge in [-0.15, -0.1) is 23.1 Å². The third-order valence-electron chi connectivity index (χ3n) is 4.09. The molecule has 2 nitrogen and oxygen atoms in total. The van der Waals surface area contributed by atoms with Crippen LogP contribution in [0, 0.1) is 6.92 Å². The highest BCUT2D eigenvalue weighted by Crippen LogP contribution is 2.34. The zero-order chi connectivity index (χ0) is 15.7. The Morgan fingerprint density at radius 2 is 2.27 bits per heavy atom. The zero-order valence-electron chi connectivity index (χ0n) is 12.6. The lowest BCUT2D eigenvalue weighted by atomic mass is 10.0. The quantitative estimate of drug-likeness (QED) is 0.677. The first kappa shape index (κ1) is 16.1. The van der Waals surface area contributed by atoms with E-state index in [1.165, 1.54) is 20.9 Å². The summed E-state index contributed by atoms with van der Waals surface area (Å²) in [5.74, 6) is 0.739. The summed E-state index contributed by atoms with van der Waals surface area (Å²) in [6.45, 7) is 5.06. The van der Waals surface area contributed by atoms with E-state index in [1.54, 1.807) is 11.8 Å². The molecule has 0 saturated carbocycles. The molecule has 0 spiro atoms. The topological polar surface area (TPSA) is 20.3 Å². The van der Waals surface area contributed by atoms with Crippen molar-refractivity contribution >= 4 is 44.9 Å². The monoisotopic (exact) mass is 395 g/mol.